The molecule has 1 N–H and O–H groups in total. The Bertz CT molecular complexity index is 1270. The van der Waals surface area contributed by atoms with E-state index in [1.54, 1.807) is 18.2 Å². The minimum atomic E-state index is -1.05. The second-order valence-corrected chi connectivity index (χ2v) is 7.41. The van der Waals surface area contributed by atoms with Crippen molar-refractivity contribution in [3.05, 3.63) is 101 Å². The summed E-state index contributed by atoms with van der Waals surface area (Å²) < 4.78 is 33.1. The first-order valence-corrected chi connectivity index (χ1v) is 9.79. The van der Waals surface area contributed by atoms with Crippen LogP contribution in [0.2, 0.25) is 0 Å². The largest absolute Gasteiger partial charge is 0.507 e. The number of methoxy groups -OCH3 is 1. The number of hydrogen-bond acceptors (Lipinski definition) is 4. The van der Waals surface area contributed by atoms with Crippen molar-refractivity contribution in [3.8, 4) is 5.75 Å². The number of halogens is 2. The Hall–Kier alpha value is -4.00. The number of carbonyl (C=O) groups excluding carboxylic acids is 2. The summed E-state index contributed by atoms with van der Waals surface area (Å²) in [6, 6.07) is 14.8. The van der Waals surface area contributed by atoms with Gasteiger partial charge in [0, 0.05) is 5.69 Å². The van der Waals surface area contributed by atoms with E-state index in [9.17, 15) is 23.5 Å². The van der Waals surface area contributed by atoms with E-state index in [0.29, 0.717) is 5.56 Å². The quantitative estimate of drug-likeness (QED) is 0.359. The molecule has 0 bridgehead atoms. The molecule has 1 aliphatic heterocycles. The summed E-state index contributed by atoms with van der Waals surface area (Å²) in [5.41, 5.74) is 1.24. The van der Waals surface area contributed by atoms with Gasteiger partial charge in [-0.1, -0.05) is 35.9 Å². The molecule has 0 aliphatic carbocycles. The highest BCUT2D eigenvalue weighted by molar-refractivity contribution is 6.51. The SMILES string of the molecule is COc1ccc(F)cc1/C(O)=C1\C(=O)C(=O)N(c2cccc(F)c2)C1c1cccc(C)c1. The molecule has 0 aromatic heterocycles. The molecule has 1 amide bonds. The predicted molar refractivity (Wildman–Crippen MR) is 115 cm³/mol. The number of aliphatic hydroxyl groups is 1. The van der Waals surface area contributed by atoms with Gasteiger partial charge in [-0.15, -0.1) is 0 Å². The average molecular weight is 435 g/mol. The second kappa shape index (κ2) is 8.26. The molecule has 1 unspecified atom stereocenters. The van der Waals surface area contributed by atoms with Crippen molar-refractivity contribution < 1.29 is 28.2 Å². The third-order valence-corrected chi connectivity index (χ3v) is 5.31. The van der Waals surface area contributed by atoms with Crippen molar-refractivity contribution in [1.29, 1.82) is 0 Å². The highest BCUT2D eigenvalue weighted by Gasteiger charge is 2.47. The van der Waals surface area contributed by atoms with E-state index in [2.05, 4.69) is 0 Å². The van der Waals surface area contributed by atoms with E-state index in [4.69, 9.17) is 4.74 Å². The minimum Gasteiger partial charge on any atom is -0.507 e. The number of Topliss-reactive ketones (excluding diaryl/α,β-unsaturated/α-hetero) is 1. The van der Waals surface area contributed by atoms with Crippen molar-refractivity contribution in [1.82, 2.24) is 0 Å². The molecule has 1 fully saturated rings. The third kappa shape index (κ3) is 3.62. The van der Waals surface area contributed by atoms with Crippen LogP contribution in [0.25, 0.3) is 5.76 Å². The molecule has 1 saturated heterocycles. The Morgan fingerprint density at radius 1 is 0.969 bits per heavy atom. The van der Waals surface area contributed by atoms with Crippen molar-refractivity contribution in [3.63, 3.8) is 0 Å². The summed E-state index contributed by atoms with van der Waals surface area (Å²) in [6.07, 6.45) is 0. The highest BCUT2D eigenvalue weighted by Crippen LogP contribution is 2.43. The molecule has 0 spiro atoms. The Morgan fingerprint density at radius 2 is 1.69 bits per heavy atom. The number of anilines is 1. The van der Waals surface area contributed by atoms with Crippen LogP contribution in [0.3, 0.4) is 0 Å². The molecule has 3 aromatic carbocycles. The van der Waals surface area contributed by atoms with E-state index in [1.165, 1.54) is 31.4 Å². The Morgan fingerprint density at radius 3 is 2.38 bits per heavy atom. The number of aliphatic hydroxyl groups excluding tert-OH is 1. The summed E-state index contributed by atoms with van der Waals surface area (Å²) in [7, 11) is 1.34. The molecule has 0 radical (unpaired) electrons. The van der Waals surface area contributed by atoms with Gasteiger partial charge in [-0.2, -0.15) is 0 Å². The van der Waals surface area contributed by atoms with Crippen LogP contribution in [0.1, 0.15) is 22.7 Å². The lowest BCUT2D eigenvalue weighted by Gasteiger charge is -2.26. The Kier molecular flexibility index (Phi) is 5.48. The number of ether oxygens (including phenoxy) is 1. The maximum atomic E-state index is 14.0. The molecule has 4 rings (SSSR count). The summed E-state index contributed by atoms with van der Waals surface area (Å²) >= 11 is 0. The van der Waals surface area contributed by atoms with E-state index in [1.807, 2.05) is 13.0 Å². The molecular formula is C25H19F2NO4. The first-order chi connectivity index (χ1) is 15.3. The maximum absolute atomic E-state index is 14.0. The molecule has 1 aliphatic rings. The molecule has 0 saturated carbocycles. The standard InChI is InChI=1S/C25H19F2NO4/c1-14-5-3-6-15(11-14)22-21(23(29)19-13-17(27)9-10-20(19)32-2)24(30)25(31)28(22)18-8-4-7-16(26)12-18/h3-13,22,29H,1-2H3/b23-21+. The van der Waals surface area contributed by atoms with Crippen LogP contribution in [0, 0.1) is 18.6 Å². The Labute approximate surface area is 183 Å². The fraction of sp³-hybridized carbons (Fsp3) is 0.120. The van der Waals surface area contributed by atoms with Crippen LogP contribution in [-0.2, 0) is 9.59 Å². The maximum Gasteiger partial charge on any atom is 0.300 e. The molecule has 1 heterocycles. The number of rotatable bonds is 4. The van der Waals surface area contributed by atoms with Crippen molar-refractivity contribution in [2.24, 2.45) is 0 Å². The minimum absolute atomic E-state index is 0.0672. The number of ketones is 1. The summed E-state index contributed by atoms with van der Waals surface area (Å²) in [5, 5.41) is 11.1. The van der Waals surface area contributed by atoms with Gasteiger partial charge in [-0.3, -0.25) is 14.5 Å². The van der Waals surface area contributed by atoms with E-state index in [-0.39, 0.29) is 22.6 Å². The first-order valence-electron chi connectivity index (χ1n) is 9.79. The van der Waals surface area contributed by atoms with Gasteiger partial charge in [0.25, 0.3) is 11.7 Å². The molecule has 1 atom stereocenters. The first kappa shape index (κ1) is 21.2. The third-order valence-electron chi connectivity index (χ3n) is 5.31. The zero-order valence-electron chi connectivity index (χ0n) is 17.3. The molecule has 7 heteroatoms. The van der Waals surface area contributed by atoms with Gasteiger partial charge in [0.05, 0.1) is 24.3 Å². The van der Waals surface area contributed by atoms with Crippen LogP contribution in [0.5, 0.6) is 5.75 Å². The van der Waals surface area contributed by atoms with E-state index in [0.717, 1.165) is 28.7 Å². The molecule has 32 heavy (non-hydrogen) atoms. The second-order valence-electron chi connectivity index (χ2n) is 7.41. The van der Waals surface area contributed by atoms with Gasteiger partial charge in [-0.05, 0) is 48.9 Å². The van der Waals surface area contributed by atoms with Gasteiger partial charge in [-0.25, -0.2) is 8.78 Å². The topological polar surface area (TPSA) is 66.8 Å². The number of carbonyl (C=O) groups is 2. The van der Waals surface area contributed by atoms with Crippen LogP contribution >= 0.6 is 0 Å². The van der Waals surface area contributed by atoms with Gasteiger partial charge < -0.3 is 9.84 Å². The zero-order valence-corrected chi connectivity index (χ0v) is 17.3. The van der Waals surface area contributed by atoms with E-state index >= 15 is 0 Å². The van der Waals surface area contributed by atoms with Crippen LogP contribution in [0.15, 0.2) is 72.3 Å². The van der Waals surface area contributed by atoms with Crippen LogP contribution in [-0.4, -0.2) is 23.9 Å². The van der Waals surface area contributed by atoms with Crippen LogP contribution in [0.4, 0.5) is 14.5 Å². The lowest BCUT2D eigenvalue weighted by molar-refractivity contribution is -0.132. The van der Waals surface area contributed by atoms with Gasteiger partial charge in [0.1, 0.15) is 23.1 Å². The zero-order chi connectivity index (χ0) is 23.0. The number of hydrogen-bond donors (Lipinski definition) is 1. The summed E-state index contributed by atoms with van der Waals surface area (Å²) in [5.74, 6) is -3.59. The number of amides is 1. The highest BCUT2D eigenvalue weighted by atomic mass is 19.1. The normalized spacial score (nSPS) is 17.6. The van der Waals surface area contributed by atoms with Crippen molar-refractivity contribution in [2.75, 3.05) is 12.0 Å². The van der Waals surface area contributed by atoms with Gasteiger partial charge in [0.2, 0.25) is 0 Å². The lowest BCUT2D eigenvalue weighted by atomic mass is 9.94. The predicted octanol–water partition coefficient (Wildman–Crippen LogP) is 4.91. The fourth-order valence-corrected chi connectivity index (χ4v) is 3.89. The van der Waals surface area contributed by atoms with E-state index < -0.39 is 35.1 Å². The number of benzene rings is 3. The van der Waals surface area contributed by atoms with Gasteiger partial charge >= 0.3 is 0 Å². The summed E-state index contributed by atoms with van der Waals surface area (Å²) in [4.78, 5) is 27.3. The van der Waals surface area contributed by atoms with Crippen molar-refractivity contribution in [2.45, 2.75) is 13.0 Å². The molecule has 162 valence electrons. The molecule has 5 nitrogen and oxygen atoms in total. The number of aryl methyl sites for hydroxylation is 1. The fourth-order valence-electron chi connectivity index (χ4n) is 3.89. The molecular weight excluding hydrogens is 416 g/mol. The van der Waals surface area contributed by atoms with Gasteiger partial charge in [0.15, 0.2) is 0 Å². The van der Waals surface area contributed by atoms with Crippen LogP contribution < -0.4 is 9.64 Å². The lowest BCUT2D eigenvalue weighted by Crippen LogP contribution is -2.29. The van der Waals surface area contributed by atoms with Crippen molar-refractivity contribution >= 4 is 23.1 Å². The molecule has 3 aromatic rings. The average Bonchev–Trinajstić information content (AvgIpc) is 3.04. The summed E-state index contributed by atoms with van der Waals surface area (Å²) in [6.45, 7) is 1.84. The Balaban J connectivity index is 2.00. The smallest absolute Gasteiger partial charge is 0.300 e. The monoisotopic (exact) mass is 435 g/mol. The number of nitrogens with zero attached hydrogens (tertiary/aromatic N) is 1.